The maximum Gasteiger partial charge on any atom is 0.243 e. The number of imidazole rings is 1. The Bertz CT molecular complexity index is 343. The summed E-state index contributed by atoms with van der Waals surface area (Å²) in [4.78, 5) is 0. The van der Waals surface area contributed by atoms with Gasteiger partial charge in [0.05, 0.1) is 24.4 Å². The number of hydrogen-bond acceptors (Lipinski definition) is 2. The van der Waals surface area contributed by atoms with Crippen LogP contribution >= 0.6 is 0 Å². The molecule has 0 N–H and O–H groups in total. The van der Waals surface area contributed by atoms with Gasteiger partial charge in [0.15, 0.2) is 0 Å². The van der Waals surface area contributed by atoms with Gasteiger partial charge >= 0.3 is 0 Å². The van der Waals surface area contributed by atoms with E-state index >= 15 is 0 Å². The Morgan fingerprint density at radius 3 is 2.05 bits per heavy atom. The molecule has 118 valence electrons. The van der Waals surface area contributed by atoms with Crippen LogP contribution in [0.15, 0.2) is 18.7 Å². The van der Waals surface area contributed by atoms with Crippen LogP contribution in [0.4, 0.5) is 0 Å². The normalized spacial score (nSPS) is 12.3. The number of aromatic nitrogens is 2. The Morgan fingerprint density at radius 2 is 1.50 bits per heavy atom. The number of rotatable bonds is 6. The summed E-state index contributed by atoms with van der Waals surface area (Å²) < 4.78 is 15.7. The number of hydrogen-bond donors (Lipinski definition) is 0. The summed E-state index contributed by atoms with van der Waals surface area (Å²) in [5.41, 5.74) is -0.132. The third-order valence-electron chi connectivity index (χ3n) is 2.52. The second kappa shape index (κ2) is 8.01. The van der Waals surface area contributed by atoms with Gasteiger partial charge in [-0.1, -0.05) is 0 Å². The molecule has 0 radical (unpaired) electrons. The van der Waals surface area contributed by atoms with Gasteiger partial charge in [-0.05, 0) is 41.5 Å². The molecule has 0 bridgehead atoms. The molecular formula is C15H29ClN2O2. The van der Waals surface area contributed by atoms with E-state index in [9.17, 15) is 0 Å². The lowest BCUT2D eigenvalue weighted by molar-refractivity contribution is -0.698. The average Bonchev–Trinajstić information content (AvgIpc) is 2.62. The van der Waals surface area contributed by atoms with Gasteiger partial charge in [0.1, 0.15) is 25.5 Å². The maximum atomic E-state index is 5.71. The zero-order valence-corrected chi connectivity index (χ0v) is 14.4. The van der Waals surface area contributed by atoms with E-state index in [1.807, 2.05) is 0 Å². The highest BCUT2D eigenvalue weighted by molar-refractivity contribution is 4.67. The topological polar surface area (TPSA) is 27.3 Å². The van der Waals surface area contributed by atoms with E-state index in [1.54, 1.807) is 0 Å². The predicted octanol–water partition coefficient (Wildman–Crippen LogP) is -0.590. The molecule has 1 heterocycles. The molecule has 0 fully saturated rings. The molecule has 1 rings (SSSR count). The Hall–Kier alpha value is -0.580. The highest BCUT2D eigenvalue weighted by Gasteiger charge is 2.12. The van der Waals surface area contributed by atoms with Crippen molar-refractivity contribution >= 4 is 0 Å². The van der Waals surface area contributed by atoms with Crippen molar-refractivity contribution in [3.8, 4) is 0 Å². The molecule has 0 atom stereocenters. The number of halogens is 1. The zero-order chi connectivity index (χ0) is 14.5. The Kier molecular flexibility index (Phi) is 7.78. The van der Waals surface area contributed by atoms with Crippen LogP contribution in [0.3, 0.4) is 0 Å². The highest BCUT2D eigenvalue weighted by Crippen LogP contribution is 2.06. The first-order valence-corrected chi connectivity index (χ1v) is 6.98. The van der Waals surface area contributed by atoms with Crippen LogP contribution in [-0.2, 0) is 22.6 Å². The van der Waals surface area contributed by atoms with Gasteiger partial charge in [-0.25, -0.2) is 9.13 Å². The summed E-state index contributed by atoms with van der Waals surface area (Å²) in [6, 6.07) is 0. The molecule has 0 aliphatic rings. The predicted molar refractivity (Wildman–Crippen MR) is 76.0 cm³/mol. The Morgan fingerprint density at radius 1 is 0.950 bits per heavy atom. The largest absolute Gasteiger partial charge is 1.00 e. The van der Waals surface area contributed by atoms with Crippen molar-refractivity contribution in [2.24, 2.45) is 0 Å². The lowest BCUT2D eigenvalue weighted by Crippen LogP contribution is -3.00. The first kappa shape index (κ1) is 19.4. The minimum absolute atomic E-state index is 0. The van der Waals surface area contributed by atoms with Crippen LogP contribution in [0, 0.1) is 0 Å². The van der Waals surface area contributed by atoms with Gasteiger partial charge in [0, 0.05) is 0 Å². The summed E-state index contributed by atoms with van der Waals surface area (Å²) in [6.45, 7) is 15.7. The molecule has 0 saturated heterocycles. The van der Waals surface area contributed by atoms with Gasteiger partial charge in [-0.15, -0.1) is 0 Å². The van der Waals surface area contributed by atoms with Gasteiger partial charge in [-0.3, -0.25) is 0 Å². The van der Waals surface area contributed by atoms with E-state index in [0.717, 1.165) is 26.3 Å². The highest BCUT2D eigenvalue weighted by atomic mass is 35.5. The number of ether oxygens (including phenoxy) is 2. The summed E-state index contributed by atoms with van der Waals surface area (Å²) >= 11 is 0. The molecular weight excluding hydrogens is 276 g/mol. The van der Waals surface area contributed by atoms with E-state index in [2.05, 4.69) is 69.4 Å². The van der Waals surface area contributed by atoms with Crippen LogP contribution in [0.1, 0.15) is 41.5 Å². The first-order chi connectivity index (χ1) is 8.66. The fourth-order valence-electron chi connectivity index (χ4n) is 1.62. The molecule has 4 nitrogen and oxygen atoms in total. The van der Waals surface area contributed by atoms with Crippen LogP contribution < -0.4 is 17.0 Å². The second-order valence-electron chi connectivity index (χ2n) is 6.81. The van der Waals surface area contributed by atoms with Gasteiger partial charge in [-0.2, -0.15) is 0 Å². The molecule has 0 aromatic carbocycles. The van der Waals surface area contributed by atoms with Crippen molar-refractivity contribution in [1.29, 1.82) is 0 Å². The lowest BCUT2D eigenvalue weighted by atomic mass is 10.2. The maximum absolute atomic E-state index is 5.71. The molecule has 0 spiro atoms. The summed E-state index contributed by atoms with van der Waals surface area (Å²) in [7, 11) is 0. The molecule has 0 amide bonds. The van der Waals surface area contributed by atoms with E-state index in [1.165, 1.54) is 0 Å². The van der Waals surface area contributed by atoms with Crippen molar-refractivity contribution in [2.45, 2.75) is 65.8 Å². The van der Waals surface area contributed by atoms with Gasteiger partial charge < -0.3 is 21.9 Å². The number of nitrogens with zero attached hydrogens (tertiary/aromatic N) is 2. The Balaban J connectivity index is 0.00000361. The SMILES string of the molecule is CC(C)(C)OCCn1cc[n+](CCOC(C)(C)C)c1.[Cl-]. The average molecular weight is 305 g/mol. The molecule has 5 heteroatoms. The lowest BCUT2D eigenvalue weighted by Gasteiger charge is -2.18. The van der Waals surface area contributed by atoms with Crippen molar-refractivity contribution in [3.63, 3.8) is 0 Å². The van der Waals surface area contributed by atoms with E-state index in [-0.39, 0.29) is 23.6 Å². The summed E-state index contributed by atoms with van der Waals surface area (Å²) in [6.07, 6.45) is 6.24. The molecule has 1 aromatic rings. The minimum atomic E-state index is -0.0658. The van der Waals surface area contributed by atoms with E-state index in [0.29, 0.717) is 0 Å². The summed E-state index contributed by atoms with van der Waals surface area (Å²) in [5, 5.41) is 0. The van der Waals surface area contributed by atoms with E-state index in [4.69, 9.17) is 9.47 Å². The fraction of sp³-hybridized carbons (Fsp3) is 0.800. The van der Waals surface area contributed by atoms with Crippen molar-refractivity contribution in [1.82, 2.24) is 4.57 Å². The van der Waals surface area contributed by atoms with Crippen molar-refractivity contribution in [2.75, 3.05) is 13.2 Å². The quantitative estimate of drug-likeness (QED) is 0.657. The van der Waals surface area contributed by atoms with E-state index < -0.39 is 0 Å². The van der Waals surface area contributed by atoms with Crippen LogP contribution in [0.2, 0.25) is 0 Å². The standard InChI is InChI=1S/C15H29N2O2.ClH/c1-14(2,3)18-11-9-16-7-8-17(13-16)10-12-19-15(4,5)6;/h7-8,13H,9-12H2,1-6H3;1H/q+1;/p-1. The van der Waals surface area contributed by atoms with Crippen molar-refractivity contribution < 1.29 is 26.4 Å². The molecule has 20 heavy (non-hydrogen) atoms. The smallest absolute Gasteiger partial charge is 0.243 e. The third-order valence-corrected chi connectivity index (χ3v) is 2.52. The molecule has 1 aromatic heterocycles. The molecule has 0 saturated carbocycles. The molecule has 0 unspecified atom stereocenters. The van der Waals surface area contributed by atoms with Crippen LogP contribution in [0.5, 0.6) is 0 Å². The van der Waals surface area contributed by atoms with Crippen LogP contribution in [0.25, 0.3) is 0 Å². The minimum Gasteiger partial charge on any atom is -1.00 e. The zero-order valence-electron chi connectivity index (χ0n) is 13.6. The Labute approximate surface area is 129 Å². The van der Waals surface area contributed by atoms with Crippen molar-refractivity contribution in [3.05, 3.63) is 18.7 Å². The fourth-order valence-corrected chi connectivity index (χ4v) is 1.62. The van der Waals surface area contributed by atoms with Gasteiger partial charge in [0.2, 0.25) is 6.33 Å². The van der Waals surface area contributed by atoms with Gasteiger partial charge in [0.25, 0.3) is 0 Å². The molecule has 0 aliphatic heterocycles. The summed E-state index contributed by atoms with van der Waals surface area (Å²) in [5.74, 6) is 0. The third kappa shape index (κ3) is 9.34. The molecule has 0 aliphatic carbocycles. The van der Waals surface area contributed by atoms with Crippen LogP contribution in [-0.4, -0.2) is 29.0 Å². The second-order valence-corrected chi connectivity index (χ2v) is 6.81. The monoisotopic (exact) mass is 304 g/mol. The first-order valence-electron chi connectivity index (χ1n) is 6.98.